The molecule has 0 fully saturated rings. The van der Waals surface area contributed by atoms with Crippen molar-refractivity contribution in [3.05, 3.63) is 41.3 Å². The molecule has 0 amide bonds. The quantitative estimate of drug-likeness (QED) is 0.876. The molecule has 1 aromatic heterocycles. The van der Waals surface area contributed by atoms with Gasteiger partial charge in [-0.2, -0.15) is 0 Å². The summed E-state index contributed by atoms with van der Waals surface area (Å²) in [5.74, 6) is 2.09. The van der Waals surface area contributed by atoms with Crippen LogP contribution < -0.4 is 15.2 Å². The van der Waals surface area contributed by atoms with Crippen LogP contribution in [0, 0.1) is 6.92 Å². The Morgan fingerprint density at radius 2 is 2.11 bits per heavy atom. The van der Waals surface area contributed by atoms with E-state index < -0.39 is 0 Å². The molecule has 0 unspecified atom stereocenters. The second kappa shape index (κ2) is 5.55. The molecule has 0 radical (unpaired) electrons. The third kappa shape index (κ3) is 2.81. The molecule has 2 aromatic rings. The molecule has 18 heavy (non-hydrogen) atoms. The van der Waals surface area contributed by atoms with Gasteiger partial charge in [0.05, 0.1) is 7.11 Å². The van der Waals surface area contributed by atoms with Crippen molar-refractivity contribution in [2.45, 2.75) is 20.1 Å². The van der Waals surface area contributed by atoms with Gasteiger partial charge in [0.25, 0.3) is 0 Å². The van der Waals surface area contributed by atoms with E-state index in [9.17, 15) is 0 Å². The van der Waals surface area contributed by atoms with Crippen LogP contribution in [-0.4, -0.2) is 12.3 Å². The smallest absolute Gasteiger partial charge is 0.161 e. The molecular weight excluding hydrogens is 232 g/mol. The molecule has 0 saturated carbocycles. The standard InChI is InChI=1S/C13H16N2O3/c1-9-5-11(15-18-9)8-17-12-4-3-10(7-14)6-13(12)16-2/h3-6H,7-8,14H2,1-2H3. The Balaban J connectivity index is 2.08. The van der Waals surface area contributed by atoms with Gasteiger partial charge in [-0.3, -0.25) is 0 Å². The van der Waals surface area contributed by atoms with E-state index in [2.05, 4.69) is 5.16 Å². The lowest BCUT2D eigenvalue weighted by molar-refractivity contribution is 0.271. The van der Waals surface area contributed by atoms with Gasteiger partial charge in [0.15, 0.2) is 11.5 Å². The Morgan fingerprint density at radius 3 is 2.72 bits per heavy atom. The van der Waals surface area contributed by atoms with Crippen molar-refractivity contribution in [3.8, 4) is 11.5 Å². The first-order valence-electron chi connectivity index (χ1n) is 5.65. The first-order valence-corrected chi connectivity index (χ1v) is 5.65. The number of hydrogen-bond acceptors (Lipinski definition) is 5. The molecule has 1 heterocycles. The van der Waals surface area contributed by atoms with Crippen LogP contribution >= 0.6 is 0 Å². The molecule has 2 rings (SSSR count). The third-order valence-corrected chi connectivity index (χ3v) is 2.52. The molecular formula is C13H16N2O3. The van der Waals surface area contributed by atoms with Crippen LogP contribution in [0.2, 0.25) is 0 Å². The first-order chi connectivity index (χ1) is 8.72. The molecule has 0 atom stereocenters. The van der Waals surface area contributed by atoms with E-state index in [0.29, 0.717) is 24.7 Å². The fourth-order valence-electron chi connectivity index (χ4n) is 1.60. The zero-order valence-electron chi connectivity index (χ0n) is 10.5. The summed E-state index contributed by atoms with van der Waals surface area (Å²) in [4.78, 5) is 0. The van der Waals surface area contributed by atoms with Crippen LogP contribution in [0.15, 0.2) is 28.8 Å². The number of nitrogens with zero attached hydrogens (tertiary/aromatic N) is 1. The SMILES string of the molecule is COc1cc(CN)ccc1OCc1cc(C)on1. The number of methoxy groups -OCH3 is 1. The summed E-state index contributed by atoms with van der Waals surface area (Å²) >= 11 is 0. The number of rotatable bonds is 5. The Labute approximate surface area is 105 Å². The lowest BCUT2D eigenvalue weighted by Crippen LogP contribution is -2.00. The minimum Gasteiger partial charge on any atom is -0.493 e. The molecule has 0 saturated heterocycles. The summed E-state index contributed by atoms with van der Waals surface area (Å²) in [6.07, 6.45) is 0. The van der Waals surface area contributed by atoms with Crippen LogP contribution in [0.4, 0.5) is 0 Å². The van der Waals surface area contributed by atoms with Gasteiger partial charge in [0.1, 0.15) is 18.1 Å². The zero-order chi connectivity index (χ0) is 13.0. The summed E-state index contributed by atoms with van der Waals surface area (Å²) < 4.78 is 15.9. The molecule has 5 heteroatoms. The Kier molecular flexibility index (Phi) is 3.84. The third-order valence-electron chi connectivity index (χ3n) is 2.52. The highest BCUT2D eigenvalue weighted by atomic mass is 16.5. The topological polar surface area (TPSA) is 70.5 Å². The summed E-state index contributed by atoms with van der Waals surface area (Å²) in [5, 5.41) is 3.86. The molecule has 5 nitrogen and oxygen atoms in total. The average molecular weight is 248 g/mol. The molecule has 2 N–H and O–H groups in total. The predicted octanol–water partition coefficient (Wildman–Crippen LogP) is 2.03. The number of aryl methyl sites for hydroxylation is 1. The van der Waals surface area contributed by atoms with Gasteiger partial charge in [-0.1, -0.05) is 11.2 Å². The van der Waals surface area contributed by atoms with Gasteiger partial charge < -0.3 is 19.7 Å². The predicted molar refractivity (Wildman–Crippen MR) is 66.5 cm³/mol. The van der Waals surface area contributed by atoms with E-state index in [1.807, 2.05) is 31.2 Å². The highest BCUT2D eigenvalue weighted by Crippen LogP contribution is 2.28. The fraction of sp³-hybridized carbons (Fsp3) is 0.308. The zero-order valence-corrected chi connectivity index (χ0v) is 10.5. The van der Waals surface area contributed by atoms with Crippen LogP contribution in [0.1, 0.15) is 17.0 Å². The number of benzene rings is 1. The first kappa shape index (κ1) is 12.4. The van der Waals surface area contributed by atoms with Gasteiger partial charge in [-0.05, 0) is 24.6 Å². The highest BCUT2D eigenvalue weighted by molar-refractivity contribution is 5.42. The normalized spacial score (nSPS) is 10.4. The van der Waals surface area contributed by atoms with Crippen molar-refractivity contribution in [1.82, 2.24) is 5.16 Å². The van der Waals surface area contributed by atoms with E-state index in [4.69, 9.17) is 19.7 Å². The van der Waals surface area contributed by atoms with Gasteiger partial charge in [-0.25, -0.2) is 0 Å². The highest BCUT2D eigenvalue weighted by Gasteiger charge is 2.07. The van der Waals surface area contributed by atoms with Crippen molar-refractivity contribution in [2.75, 3.05) is 7.11 Å². The summed E-state index contributed by atoms with van der Waals surface area (Å²) in [6.45, 7) is 2.65. The van der Waals surface area contributed by atoms with Crippen LogP contribution in [0.25, 0.3) is 0 Å². The maximum Gasteiger partial charge on any atom is 0.161 e. The number of aromatic nitrogens is 1. The number of hydrogen-bond donors (Lipinski definition) is 1. The largest absolute Gasteiger partial charge is 0.493 e. The van der Waals surface area contributed by atoms with Crippen LogP contribution in [0.5, 0.6) is 11.5 Å². The van der Waals surface area contributed by atoms with Crippen LogP contribution in [0.3, 0.4) is 0 Å². The monoisotopic (exact) mass is 248 g/mol. The van der Waals surface area contributed by atoms with Gasteiger partial charge in [0, 0.05) is 12.6 Å². The van der Waals surface area contributed by atoms with Crippen molar-refractivity contribution in [2.24, 2.45) is 5.73 Å². The maximum absolute atomic E-state index is 5.64. The minimum absolute atomic E-state index is 0.343. The Hall–Kier alpha value is -2.01. The van der Waals surface area contributed by atoms with Crippen molar-refractivity contribution >= 4 is 0 Å². The van der Waals surface area contributed by atoms with Crippen LogP contribution in [-0.2, 0) is 13.2 Å². The van der Waals surface area contributed by atoms with Gasteiger partial charge in [0.2, 0.25) is 0 Å². The van der Waals surface area contributed by atoms with E-state index in [1.165, 1.54) is 0 Å². The summed E-state index contributed by atoms with van der Waals surface area (Å²) in [6, 6.07) is 7.45. The second-order valence-electron chi connectivity index (χ2n) is 3.91. The van der Waals surface area contributed by atoms with Gasteiger partial charge in [-0.15, -0.1) is 0 Å². The van der Waals surface area contributed by atoms with E-state index in [1.54, 1.807) is 7.11 Å². The number of nitrogens with two attached hydrogens (primary N) is 1. The molecule has 0 aliphatic carbocycles. The average Bonchev–Trinajstić information content (AvgIpc) is 2.82. The molecule has 0 bridgehead atoms. The van der Waals surface area contributed by atoms with E-state index in [0.717, 1.165) is 17.0 Å². The Morgan fingerprint density at radius 1 is 1.28 bits per heavy atom. The minimum atomic E-state index is 0.343. The molecule has 0 spiro atoms. The fourth-order valence-corrected chi connectivity index (χ4v) is 1.60. The van der Waals surface area contributed by atoms with Crippen molar-refractivity contribution in [1.29, 1.82) is 0 Å². The lowest BCUT2D eigenvalue weighted by Gasteiger charge is -2.10. The Bertz CT molecular complexity index is 523. The van der Waals surface area contributed by atoms with E-state index >= 15 is 0 Å². The summed E-state index contributed by atoms with van der Waals surface area (Å²) in [5.41, 5.74) is 7.32. The van der Waals surface area contributed by atoms with E-state index in [-0.39, 0.29) is 0 Å². The van der Waals surface area contributed by atoms with Gasteiger partial charge >= 0.3 is 0 Å². The van der Waals surface area contributed by atoms with Crippen molar-refractivity contribution in [3.63, 3.8) is 0 Å². The second-order valence-corrected chi connectivity index (χ2v) is 3.91. The molecule has 0 aliphatic rings. The number of ether oxygens (including phenoxy) is 2. The maximum atomic E-state index is 5.64. The molecule has 1 aromatic carbocycles. The van der Waals surface area contributed by atoms with Crippen molar-refractivity contribution < 1.29 is 14.0 Å². The lowest BCUT2D eigenvalue weighted by atomic mass is 10.2. The summed E-state index contributed by atoms with van der Waals surface area (Å²) in [7, 11) is 1.60. The molecule has 96 valence electrons. The molecule has 0 aliphatic heterocycles.